The second-order valence-corrected chi connectivity index (χ2v) is 8.45. The van der Waals surface area contributed by atoms with Gasteiger partial charge in [-0.25, -0.2) is 5.84 Å². The summed E-state index contributed by atoms with van der Waals surface area (Å²) in [6.45, 7) is 1.15. The van der Waals surface area contributed by atoms with E-state index in [2.05, 4.69) is 6.07 Å². The minimum absolute atomic E-state index is 0.00278. The number of nitrogens with zero attached hydrogens (tertiary/aromatic N) is 2. The van der Waals surface area contributed by atoms with Crippen molar-refractivity contribution in [3.8, 4) is 0 Å². The van der Waals surface area contributed by atoms with E-state index in [1.807, 2.05) is 53.4 Å². The van der Waals surface area contributed by atoms with Crippen LogP contribution < -0.4 is 16.6 Å². The predicted molar refractivity (Wildman–Crippen MR) is 129 cm³/mol. The van der Waals surface area contributed by atoms with Crippen molar-refractivity contribution in [1.82, 2.24) is 4.90 Å². The molecule has 1 unspecified atom stereocenters. The van der Waals surface area contributed by atoms with Crippen molar-refractivity contribution >= 4 is 23.3 Å². The van der Waals surface area contributed by atoms with Crippen LogP contribution in [0.3, 0.4) is 0 Å². The van der Waals surface area contributed by atoms with Crippen LogP contribution in [0.25, 0.3) is 0 Å². The Labute approximate surface area is 193 Å². The minimum Gasteiger partial charge on any atom is -0.481 e. The highest BCUT2D eigenvalue weighted by Gasteiger charge is 2.25. The van der Waals surface area contributed by atoms with Gasteiger partial charge >= 0.3 is 5.97 Å². The number of fused-ring (bicyclic) bond motifs is 1. The number of hydrogen-bond acceptors (Lipinski definition) is 5. The van der Waals surface area contributed by atoms with E-state index in [-0.39, 0.29) is 18.2 Å². The van der Waals surface area contributed by atoms with Crippen LogP contribution in [-0.4, -0.2) is 35.5 Å². The average Bonchev–Trinajstić information content (AvgIpc) is 2.81. The van der Waals surface area contributed by atoms with Gasteiger partial charge in [0, 0.05) is 31.6 Å². The molecule has 33 heavy (non-hydrogen) atoms. The van der Waals surface area contributed by atoms with Gasteiger partial charge in [0.2, 0.25) is 0 Å². The van der Waals surface area contributed by atoms with Crippen molar-refractivity contribution in [2.75, 3.05) is 24.3 Å². The smallest absolute Gasteiger partial charge is 0.304 e. The number of hydrogen-bond donors (Lipinski definition) is 3. The van der Waals surface area contributed by atoms with Gasteiger partial charge in [-0.3, -0.25) is 9.59 Å². The zero-order valence-corrected chi connectivity index (χ0v) is 18.6. The first kappa shape index (κ1) is 22.4. The van der Waals surface area contributed by atoms with E-state index in [0.717, 1.165) is 23.1 Å². The fourth-order valence-corrected chi connectivity index (χ4v) is 4.44. The van der Waals surface area contributed by atoms with E-state index in [4.69, 9.17) is 11.6 Å². The molecular weight excluding hydrogens is 416 g/mol. The van der Waals surface area contributed by atoms with Crippen molar-refractivity contribution in [3.63, 3.8) is 0 Å². The molecule has 0 saturated heterocycles. The molecule has 1 aliphatic heterocycles. The number of hydrazine groups is 1. The Hall–Kier alpha value is -3.84. The third kappa shape index (κ3) is 4.83. The summed E-state index contributed by atoms with van der Waals surface area (Å²) in [5.41, 5.74) is 11.9. The summed E-state index contributed by atoms with van der Waals surface area (Å²) in [4.78, 5) is 26.5. The molecule has 0 aliphatic carbocycles. The summed E-state index contributed by atoms with van der Waals surface area (Å²) >= 11 is 0. The van der Waals surface area contributed by atoms with Crippen molar-refractivity contribution in [2.45, 2.75) is 25.3 Å². The third-order valence-electron chi connectivity index (χ3n) is 6.17. The molecule has 5 N–H and O–H groups in total. The molecule has 4 rings (SSSR count). The van der Waals surface area contributed by atoms with Gasteiger partial charge in [0.15, 0.2) is 0 Å². The molecule has 1 atom stereocenters. The van der Waals surface area contributed by atoms with Crippen LogP contribution in [0, 0.1) is 0 Å². The van der Waals surface area contributed by atoms with Crippen LogP contribution in [0.2, 0.25) is 0 Å². The summed E-state index contributed by atoms with van der Waals surface area (Å²) in [6, 6.07) is 20.8. The number of aliphatic carboxylic acids is 1. The van der Waals surface area contributed by atoms with Crippen LogP contribution in [-0.2, 0) is 17.8 Å². The summed E-state index contributed by atoms with van der Waals surface area (Å²) < 4.78 is 0. The van der Waals surface area contributed by atoms with Crippen LogP contribution >= 0.6 is 0 Å². The van der Waals surface area contributed by atoms with Gasteiger partial charge in [-0.15, -0.1) is 0 Å². The van der Waals surface area contributed by atoms with Crippen LogP contribution in [0.5, 0.6) is 0 Å². The van der Waals surface area contributed by atoms with Crippen LogP contribution in [0.15, 0.2) is 66.7 Å². The molecule has 1 heterocycles. The summed E-state index contributed by atoms with van der Waals surface area (Å²) in [6.07, 6.45) is 0.699. The largest absolute Gasteiger partial charge is 0.481 e. The molecular formula is C26H28N4O3. The number of rotatable bonds is 6. The number of carbonyl (C=O) groups excluding carboxylic acids is 1. The van der Waals surface area contributed by atoms with Crippen molar-refractivity contribution in [2.24, 2.45) is 5.84 Å². The zero-order chi connectivity index (χ0) is 23.5. The Bertz CT molecular complexity index is 1180. The average molecular weight is 445 g/mol. The predicted octanol–water partition coefficient (Wildman–Crippen LogP) is 3.38. The summed E-state index contributed by atoms with van der Waals surface area (Å²) in [5, 5.41) is 11.0. The molecule has 3 aromatic carbocycles. The van der Waals surface area contributed by atoms with Crippen LogP contribution in [0.1, 0.15) is 45.0 Å². The molecule has 1 aliphatic rings. The molecule has 0 aromatic heterocycles. The second-order valence-electron chi connectivity index (χ2n) is 8.45. The monoisotopic (exact) mass is 444 g/mol. The Kier molecular flexibility index (Phi) is 6.33. The number of nitrogen functional groups attached to an aromatic ring is 1. The zero-order valence-electron chi connectivity index (χ0n) is 18.6. The Morgan fingerprint density at radius 1 is 1.03 bits per heavy atom. The normalized spacial score (nSPS) is 13.8. The lowest BCUT2D eigenvalue weighted by Crippen LogP contribution is -2.36. The Morgan fingerprint density at radius 3 is 2.39 bits per heavy atom. The maximum atomic E-state index is 12.9. The van der Waals surface area contributed by atoms with Crippen molar-refractivity contribution < 1.29 is 14.7 Å². The third-order valence-corrected chi connectivity index (χ3v) is 6.17. The quantitative estimate of drug-likeness (QED) is 0.305. The Balaban J connectivity index is 1.65. The number of carbonyl (C=O) groups is 2. The molecule has 0 radical (unpaired) electrons. The molecule has 0 saturated carbocycles. The van der Waals surface area contributed by atoms with Gasteiger partial charge in [-0.05, 0) is 52.9 Å². The standard InChI is InChI=1S/C26H28N4O3/c1-29(28)24-10-9-20(14-23(24)27)22(15-25(31)32)19-8-7-17-11-12-30(16-21(17)13-19)26(33)18-5-3-2-4-6-18/h2-10,13-14,22H,11-12,15-16,27-28H2,1H3,(H,31,32). The van der Waals surface area contributed by atoms with E-state index in [1.54, 1.807) is 19.2 Å². The van der Waals surface area contributed by atoms with E-state index < -0.39 is 5.97 Å². The van der Waals surface area contributed by atoms with Crippen molar-refractivity contribution in [3.05, 3.63) is 94.5 Å². The molecule has 170 valence electrons. The summed E-state index contributed by atoms with van der Waals surface area (Å²) in [7, 11) is 1.70. The highest BCUT2D eigenvalue weighted by Crippen LogP contribution is 2.34. The van der Waals surface area contributed by atoms with Gasteiger partial charge < -0.3 is 20.7 Å². The van der Waals surface area contributed by atoms with Gasteiger partial charge in [0.05, 0.1) is 17.8 Å². The SMILES string of the molecule is CN(N)c1ccc(C(CC(=O)O)c2ccc3c(c2)CN(C(=O)c2ccccc2)CC3)cc1N. The Morgan fingerprint density at radius 2 is 1.73 bits per heavy atom. The lowest BCUT2D eigenvalue weighted by atomic mass is 9.85. The highest BCUT2D eigenvalue weighted by atomic mass is 16.4. The fourth-order valence-electron chi connectivity index (χ4n) is 4.44. The van der Waals surface area contributed by atoms with E-state index in [9.17, 15) is 14.7 Å². The number of benzene rings is 3. The maximum Gasteiger partial charge on any atom is 0.304 e. The molecule has 0 fully saturated rings. The molecule has 1 amide bonds. The fraction of sp³-hybridized carbons (Fsp3) is 0.231. The highest BCUT2D eigenvalue weighted by molar-refractivity contribution is 5.94. The topological polar surface area (TPSA) is 113 Å². The molecule has 0 bridgehead atoms. The number of amides is 1. The van der Waals surface area contributed by atoms with Gasteiger partial charge in [0.25, 0.3) is 5.91 Å². The number of carboxylic acids is 1. The first-order chi connectivity index (χ1) is 15.8. The molecule has 7 heteroatoms. The van der Waals surface area contributed by atoms with Gasteiger partial charge in [-0.1, -0.05) is 42.5 Å². The minimum atomic E-state index is -0.891. The van der Waals surface area contributed by atoms with E-state index in [1.165, 1.54) is 10.6 Å². The van der Waals surface area contributed by atoms with Crippen LogP contribution in [0.4, 0.5) is 11.4 Å². The lowest BCUT2D eigenvalue weighted by Gasteiger charge is -2.30. The molecule has 7 nitrogen and oxygen atoms in total. The van der Waals surface area contributed by atoms with E-state index >= 15 is 0 Å². The summed E-state index contributed by atoms with van der Waals surface area (Å²) in [5.74, 6) is 4.56. The number of anilines is 2. The van der Waals surface area contributed by atoms with E-state index in [0.29, 0.717) is 30.0 Å². The van der Waals surface area contributed by atoms with Gasteiger partial charge in [0.1, 0.15) is 0 Å². The molecule has 0 spiro atoms. The first-order valence-corrected chi connectivity index (χ1v) is 10.9. The molecule has 3 aromatic rings. The van der Waals surface area contributed by atoms with Gasteiger partial charge in [-0.2, -0.15) is 0 Å². The number of nitrogens with two attached hydrogens (primary N) is 2. The maximum absolute atomic E-state index is 12.9. The lowest BCUT2D eigenvalue weighted by molar-refractivity contribution is -0.137. The first-order valence-electron chi connectivity index (χ1n) is 10.9. The number of carboxylic acid groups (broad SMARTS) is 1. The second kappa shape index (κ2) is 9.34. The van der Waals surface area contributed by atoms with Crippen molar-refractivity contribution in [1.29, 1.82) is 0 Å².